The van der Waals surface area contributed by atoms with Crippen molar-refractivity contribution in [1.29, 1.82) is 0 Å². The molecule has 3 heterocycles. The van der Waals surface area contributed by atoms with Gasteiger partial charge in [0.15, 0.2) is 6.29 Å². The number of anilines is 2. The fourth-order valence-electron chi connectivity index (χ4n) is 7.18. The minimum atomic E-state index is -0.822. The first-order valence-electron chi connectivity index (χ1n) is 17.3. The van der Waals surface area contributed by atoms with E-state index in [4.69, 9.17) is 14.6 Å². The minimum Gasteiger partial charge on any atom is -0.481 e. The molecule has 0 bridgehead atoms. The third kappa shape index (κ3) is 8.48. The molecule has 3 aromatic carbocycles. The monoisotopic (exact) mass is 670 g/mol. The van der Waals surface area contributed by atoms with Crippen molar-refractivity contribution in [3.63, 3.8) is 0 Å². The Morgan fingerprint density at radius 1 is 0.898 bits per heavy atom. The predicted octanol–water partition coefficient (Wildman–Crippen LogP) is 5.13. The molecule has 3 aliphatic heterocycles. The average Bonchev–Trinajstić information content (AvgIpc) is 3.43. The topological polar surface area (TPSA) is 141 Å². The lowest BCUT2D eigenvalue weighted by Gasteiger charge is -2.45. The van der Waals surface area contributed by atoms with Crippen LogP contribution in [0.15, 0.2) is 78.9 Å². The zero-order valence-corrected chi connectivity index (χ0v) is 27.8. The molecule has 0 radical (unpaired) electrons. The van der Waals surface area contributed by atoms with Gasteiger partial charge in [0.05, 0.1) is 25.5 Å². The van der Waals surface area contributed by atoms with Crippen LogP contribution in [0.5, 0.6) is 0 Å². The number of amides is 2. The number of likely N-dealkylation sites (tertiary alicyclic amines) is 1. The number of carbonyl (C=O) groups excluding carboxylic acids is 2. The normalized spacial score (nSPS) is 22.2. The lowest BCUT2D eigenvalue weighted by molar-refractivity contribution is -0.253. The molecule has 6 rings (SSSR count). The van der Waals surface area contributed by atoms with Gasteiger partial charge in [-0.2, -0.15) is 0 Å². The first kappa shape index (κ1) is 34.6. The van der Waals surface area contributed by atoms with Gasteiger partial charge in [0.25, 0.3) is 0 Å². The first-order chi connectivity index (χ1) is 23.8. The predicted molar refractivity (Wildman–Crippen MR) is 185 cm³/mol. The Balaban J connectivity index is 1.12. The van der Waals surface area contributed by atoms with E-state index in [9.17, 15) is 19.5 Å². The molecule has 0 aliphatic carbocycles. The summed E-state index contributed by atoms with van der Waals surface area (Å²) in [6.07, 6.45) is 3.30. The Morgan fingerprint density at radius 2 is 1.65 bits per heavy atom. The highest BCUT2D eigenvalue weighted by atomic mass is 16.7. The average molecular weight is 671 g/mol. The summed E-state index contributed by atoms with van der Waals surface area (Å²) in [5.74, 6) is -0.852. The van der Waals surface area contributed by atoms with E-state index >= 15 is 0 Å². The highest BCUT2D eigenvalue weighted by Crippen LogP contribution is 2.40. The van der Waals surface area contributed by atoms with Gasteiger partial charge in [-0.05, 0) is 61.1 Å². The zero-order valence-electron chi connectivity index (χ0n) is 27.8. The molecule has 3 aromatic rings. The first-order valence-corrected chi connectivity index (χ1v) is 17.3. The number of aliphatic hydroxyl groups is 1. The van der Waals surface area contributed by atoms with Crippen molar-refractivity contribution in [3.8, 4) is 0 Å². The summed E-state index contributed by atoms with van der Waals surface area (Å²) in [5.41, 5.74) is 3.76. The fourth-order valence-corrected chi connectivity index (χ4v) is 7.18. The summed E-state index contributed by atoms with van der Waals surface area (Å²) >= 11 is 0. The fraction of sp³-hybridized carbons (Fsp3) is 0.447. The lowest BCUT2D eigenvalue weighted by atomic mass is 9.85. The summed E-state index contributed by atoms with van der Waals surface area (Å²) in [6, 6.07) is 25.4. The van der Waals surface area contributed by atoms with Gasteiger partial charge in [0.1, 0.15) is 5.54 Å². The van der Waals surface area contributed by atoms with Crippen molar-refractivity contribution in [2.75, 3.05) is 36.5 Å². The van der Waals surface area contributed by atoms with E-state index in [0.717, 1.165) is 35.5 Å². The molecule has 3 unspecified atom stereocenters. The van der Waals surface area contributed by atoms with Crippen molar-refractivity contribution in [1.82, 2.24) is 10.2 Å². The van der Waals surface area contributed by atoms with E-state index in [0.29, 0.717) is 63.8 Å². The number of unbranched alkanes of at least 4 members (excludes halogenated alkanes) is 2. The molecule has 0 aromatic heterocycles. The van der Waals surface area contributed by atoms with Crippen LogP contribution in [0.3, 0.4) is 0 Å². The van der Waals surface area contributed by atoms with E-state index in [1.54, 1.807) is 0 Å². The molecule has 11 heteroatoms. The summed E-state index contributed by atoms with van der Waals surface area (Å²) in [4.78, 5) is 41.2. The second kappa shape index (κ2) is 15.9. The third-order valence-corrected chi connectivity index (χ3v) is 9.90. The molecule has 1 spiro atoms. The summed E-state index contributed by atoms with van der Waals surface area (Å²) < 4.78 is 13.2. The smallest absolute Gasteiger partial charge is 0.303 e. The van der Waals surface area contributed by atoms with Gasteiger partial charge in [-0.1, -0.05) is 61.0 Å². The highest BCUT2D eigenvalue weighted by Gasteiger charge is 2.50. The highest BCUT2D eigenvalue weighted by molar-refractivity contribution is 5.93. The molecule has 3 saturated heterocycles. The van der Waals surface area contributed by atoms with Crippen LogP contribution >= 0.6 is 0 Å². The van der Waals surface area contributed by atoms with Crippen molar-refractivity contribution in [2.45, 2.75) is 82.0 Å². The number of rotatable bonds is 13. The number of carboxylic acid groups (broad SMARTS) is 1. The number of aliphatic hydroxyl groups excluding tert-OH is 1. The van der Waals surface area contributed by atoms with Crippen molar-refractivity contribution in [2.24, 2.45) is 0 Å². The van der Waals surface area contributed by atoms with Gasteiger partial charge < -0.3 is 40.1 Å². The van der Waals surface area contributed by atoms with Crippen LogP contribution in [0, 0.1) is 0 Å². The van der Waals surface area contributed by atoms with Gasteiger partial charge in [-0.25, -0.2) is 0 Å². The van der Waals surface area contributed by atoms with Crippen LogP contribution < -0.4 is 15.5 Å². The Morgan fingerprint density at radius 3 is 2.39 bits per heavy atom. The molecule has 3 aliphatic rings. The number of ether oxygens (including phenoxy) is 2. The maximum Gasteiger partial charge on any atom is 0.303 e. The second-order valence-corrected chi connectivity index (χ2v) is 13.2. The Labute approximate surface area is 287 Å². The van der Waals surface area contributed by atoms with E-state index in [2.05, 4.69) is 32.6 Å². The minimum absolute atomic E-state index is 0.0306. The van der Waals surface area contributed by atoms with Gasteiger partial charge in [0, 0.05) is 55.8 Å². The standard InChI is InChI=1S/C38H46N4O7/c43-25-27-14-16-28(17-15-27)33-23-32(24-41-20-18-38(19-21-41)37(47)39-26-42(38)31-10-3-1-4-11-31)48-36(49-33)29-8-7-9-30(22-29)40-34(44)12-5-2-6-13-35(45)46/h1,3-4,7-11,14-17,22,32-33,36,43H,2,5-6,12-13,18-21,23-26H2,(H,39,47)(H,40,44)(H,45,46). The van der Waals surface area contributed by atoms with Crippen molar-refractivity contribution < 1.29 is 34.1 Å². The molecule has 4 N–H and O–H groups in total. The maximum absolute atomic E-state index is 13.2. The van der Waals surface area contributed by atoms with Crippen LogP contribution in [-0.2, 0) is 30.5 Å². The largest absolute Gasteiger partial charge is 0.481 e. The van der Waals surface area contributed by atoms with E-state index in [1.165, 1.54) is 0 Å². The molecule has 3 fully saturated rings. The maximum atomic E-state index is 13.2. The van der Waals surface area contributed by atoms with E-state index < -0.39 is 17.8 Å². The number of nitrogens with zero attached hydrogens (tertiary/aromatic N) is 2. The molecule has 3 atom stereocenters. The molecule has 260 valence electrons. The molecular weight excluding hydrogens is 624 g/mol. The number of benzene rings is 3. The number of carbonyl (C=O) groups is 3. The van der Waals surface area contributed by atoms with Gasteiger partial charge in [0.2, 0.25) is 11.8 Å². The second-order valence-electron chi connectivity index (χ2n) is 13.2. The van der Waals surface area contributed by atoms with E-state index in [-0.39, 0.29) is 37.0 Å². The third-order valence-electron chi connectivity index (χ3n) is 9.90. The van der Waals surface area contributed by atoms with Crippen LogP contribution in [-0.4, -0.2) is 70.8 Å². The quantitative estimate of drug-likeness (QED) is 0.182. The number of aliphatic carboxylic acids is 1. The van der Waals surface area contributed by atoms with E-state index in [1.807, 2.05) is 66.7 Å². The summed E-state index contributed by atoms with van der Waals surface area (Å²) in [7, 11) is 0. The summed E-state index contributed by atoms with van der Waals surface area (Å²) in [6.45, 7) is 2.69. The molecule has 11 nitrogen and oxygen atoms in total. The number of para-hydroxylation sites is 1. The number of carboxylic acids is 1. The SMILES string of the molecule is O=C(O)CCCCCC(=O)Nc1cccc(C2OC(CN3CCC4(CC3)C(=O)NCN4c3ccccc3)CC(c3ccc(CO)cc3)O2)c1. The van der Waals surface area contributed by atoms with Crippen LogP contribution in [0.2, 0.25) is 0 Å². The Hall–Kier alpha value is -4.29. The number of nitrogens with one attached hydrogen (secondary N) is 2. The number of hydrogen-bond donors (Lipinski definition) is 4. The van der Waals surface area contributed by atoms with Crippen LogP contribution in [0.4, 0.5) is 11.4 Å². The number of hydrogen-bond acceptors (Lipinski definition) is 8. The van der Waals surface area contributed by atoms with Crippen molar-refractivity contribution in [3.05, 3.63) is 95.6 Å². The van der Waals surface area contributed by atoms with Gasteiger partial charge >= 0.3 is 5.97 Å². The van der Waals surface area contributed by atoms with Gasteiger partial charge in [-0.15, -0.1) is 0 Å². The molecule has 49 heavy (non-hydrogen) atoms. The molecular formula is C38H46N4O7. The van der Waals surface area contributed by atoms with Crippen LogP contribution in [0.1, 0.15) is 80.5 Å². The van der Waals surface area contributed by atoms with Gasteiger partial charge in [-0.3, -0.25) is 14.4 Å². The summed E-state index contributed by atoms with van der Waals surface area (Å²) in [5, 5.41) is 24.4. The zero-order chi connectivity index (χ0) is 34.2. The molecule has 0 saturated carbocycles. The van der Waals surface area contributed by atoms with Crippen LogP contribution in [0.25, 0.3) is 0 Å². The Kier molecular flexibility index (Phi) is 11.3. The number of piperidine rings is 1. The molecule has 2 amide bonds. The lowest BCUT2D eigenvalue weighted by Crippen LogP contribution is -2.57. The van der Waals surface area contributed by atoms with Crippen molar-refractivity contribution >= 4 is 29.2 Å². The Bertz CT molecular complexity index is 1580.